The van der Waals surface area contributed by atoms with E-state index in [4.69, 9.17) is 11.6 Å². The maximum absolute atomic E-state index is 13.2. The van der Waals surface area contributed by atoms with Crippen molar-refractivity contribution >= 4 is 33.3 Å². The summed E-state index contributed by atoms with van der Waals surface area (Å²) in [5.41, 5.74) is 2.58. The van der Waals surface area contributed by atoms with Gasteiger partial charge in [0.2, 0.25) is 0 Å². The third kappa shape index (κ3) is 3.12. The van der Waals surface area contributed by atoms with E-state index in [9.17, 15) is 18.3 Å². The van der Waals surface area contributed by atoms with Crippen molar-refractivity contribution in [3.63, 3.8) is 0 Å². The van der Waals surface area contributed by atoms with Gasteiger partial charge in [0.05, 0.1) is 16.5 Å². The SMILES string of the molecule is Cc1cc(S(=O)(=O)N2CC(C(=O)O)Cc3ccccc32)cc(C)c1Cl. The number of fused-ring (bicyclic) bond motifs is 1. The van der Waals surface area contributed by atoms with Gasteiger partial charge in [-0.05, 0) is 55.2 Å². The molecule has 1 aliphatic rings. The van der Waals surface area contributed by atoms with Crippen molar-refractivity contribution in [2.45, 2.75) is 25.2 Å². The standard InChI is InChI=1S/C18H18ClNO4S/c1-11-7-15(8-12(2)17(11)19)25(23,24)20-10-14(18(21)22)9-13-5-3-4-6-16(13)20/h3-8,14H,9-10H2,1-2H3,(H,21,22). The number of aryl methyl sites for hydroxylation is 2. The van der Waals surface area contributed by atoms with Crippen molar-refractivity contribution in [3.05, 3.63) is 58.1 Å². The first kappa shape index (κ1) is 17.8. The summed E-state index contributed by atoms with van der Waals surface area (Å²) in [6, 6.07) is 10.1. The normalized spacial score (nSPS) is 17.2. The first-order valence-corrected chi connectivity index (χ1v) is 9.64. The minimum absolute atomic E-state index is 0.0879. The molecule has 1 heterocycles. The zero-order chi connectivity index (χ0) is 18.4. The van der Waals surface area contributed by atoms with Crippen LogP contribution in [0.3, 0.4) is 0 Å². The molecule has 0 aliphatic carbocycles. The number of para-hydroxylation sites is 1. The number of anilines is 1. The third-order valence-electron chi connectivity index (χ3n) is 4.46. The smallest absolute Gasteiger partial charge is 0.308 e. The molecule has 1 unspecified atom stereocenters. The molecule has 0 saturated heterocycles. The van der Waals surface area contributed by atoms with Crippen LogP contribution in [0.25, 0.3) is 0 Å². The van der Waals surface area contributed by atoms with Crippen molar-refractivity contribution in [2.75, 3.05) is 10.8 Å². The Morgan fingerprint density at radius 2 is 1.80 bits per heavy atom. The number of hydrogen-bond donors (Lipinski definition) is 1. The zero-order valence-electron chi connectivity index (χ0n) is 13.9. The molecule has 0 radical (unpaired) electrons. The number of rotatable bonds is 3. The monoisotopic (exact) mass is 379 g/mol. The number of carboxylic acids is 1. The molecule has 1 aliphatic heterocycles. The van der Waals surface area contributed by atoms with Crippen LogP contribution in [0.5, 0.6) is 0 Å². The topological polar surface area (TPSA) is 74.7 Å². The number of halogens is 1. The number of nitrogens with zero attached hydrogens (tertiary/aromatic N) is 1. The van der Waals surface area contributed by atoms with Crippen LogP contribution in [0.4, 0.5) is 5.69 Å². The van der Waals surface area contributed by atoms with Crippen LogP contribution in [0.15, 0.2) is 41.3 Å². The number of benzene rings is 2. The number of hydrogen-bond acceptors (Lipinski definition) is 3. The summed E-state index contributed by atoms with van der Waals surface area (Å²) in [7, 11) is -3.89. The molecule has 0 saturated carbocycles. The van der Waals surface area contributed by atoms with Crippen molar-refractivity contribution in [3.8, 4) is 0 Å². The van der Waals surface area contributed by atoms with Gasteiger partial charge in [0.1, 0.15) is 0 Å². The Morgan fingerprint density at radius 3 is 2.40 bits per heavy atom. The van der Waals surface area contributed by atoms with E-state index in [0.717, 1.165) is 0 Å². The predicted molar refractivity (Wildman–Crippen MR) is 96.7 cm³/mol. The second kappa shape index (κ2) is 6.35. The molecule has 132 valence electrons. The van der Waals surface area contributed by atoms with E-state index in [1.165, 1.54) is 16.4 Å². The number of carbonyl (C=O) groups is 1. The highest BCUT2D eigenvalue weighted by Crippen LogP contribution is 2.35. The van der Waals surface area contributed by atoms with Gasteiger partial charge in [-0.1, -0.05) is 29.8 Å². The third-order valence-corrected chi connectivity index (χ3v) is 6.81. The molecule has 7 heteroatoms. The minimum Gasteiger partial charge on any atom is -0.481 e. The van der Waals surface area contributed by atoms with Gasteiger partial charge in [-0.15, -0.1) is 0 Å². The molecule has 5 nitrogen and oxygen atoms in total. The first-order valence-electron chi connectivity index (χ1n) is 7.82. The Balaban J connectivity index is 2.15. The molecule has 25 heavy (non-hydrogen) atoms. The van der Waals surface area contributed by atoms with Gasteiger partial charge >= 0.3 is 5.97 Å². The lowest BCUT2D eigenvalue weighted by molar-refractivity contribution is -0.141. The van der Waals surface area contributed by atoms with E-state index in [-0.39, 0.29) is 11.4 Å². The highest BCUT2D eigenvalue weighted by Gasteiger charge is 2.36. The first-order chi connectivity index (χ1) is 11.7. The van der Waals surface area contributed by atoms with Gasteiger partial charge in [0.15, 0.2) is 0 Å². The molecular weight excluding hydrogens is 362 g/mol. The van der Waals surface area contributed by atoms with E-state index in [2.05, 4.69) is 0 Å². The highest BCUT2D eigenvalue weighted by atomic mass is 35.5. The summed E-state index contributed by atoms with van der Waals surface area (Å²) in [6.07, 6.45) is 0.316. The summed E-state index contributed by atoms with van der Waals surface area (Å²) in [5, 5.41) is 9.93. The molecule has 0 aromatic heterocycles. The van der Waals surface area contributed by atoms with Crippen LogP contribution in [0, 0.1) is 19.8 Å². The molecule has 2 aromatic carbocycles. The van der Waals surface area contributed by atoms with Gasteiger partial charge < -0.3 is 5.11 Å². The summed E-state index contributed by atoms with van der Waals surface area (Å²) < 4.78 is 27.6. The molecule has 0 spiro atoms. The van der Waals surface area contributed by atoms with Crippen LogP contribution in [-0.2, 0) is 21.2 Å². The fourth-order valence-electron chi connectivity index (χ4n) is 3.13. The lowest BCUT2D eigenvalue weighted by atomic mass is 9.94. The van der Waals surface area contributed by atoms with Gasteiger partial charge in [-0.3, -0.25) is 9.10 Å². The molecule has 1 atom stereocenters. The molecule has 0 bridgehead atoms. The van der Waals surface area contributed by atoms with E-state index in [1.807, 2.05) is 0 Å². The van der Waals surface area contributed by atoms with Crippen LogP contribution in [0.2, 0.25) is 5.02 Å². The summed E-state index contributed by atoms with van der Waals surface area (Å²) in [6.45, 7) is 3.41. The quantitative estimate of drug-likeness (QED) is 0.886. The fraction of sp³-hybridized carbons (Fsp3) is 0.278. The molecule has 2 aromatic rings. The number of aliphatic carboxylic acids is 1. The molecule has 1 N–H and O–H groups in total. The van der Waals surface area contributed by atoms with E-state index in [0.29, 0.717) is 33.8 Å². The Hall–Kier alpha value is -2.05. The minimum atomic E-state index is -3.89. The van der Waals surface area contributed by atoms with Crippen LogP contribution >= 0.6 is 11.6 Å². The second-order valence-electron chi connectivity index (χ2n) is 6.28. The maximum Gasteiger partial charge on any atom is 0.308 e. The van der Waals surface area contributed by atoms with Crippen molar-refractivity contribution in [1.29, 1.82) is 0 Å². The largest absolute Gasteiger partial charge is 0.481 e. The van der Waals surface area contributed by atoms with Crippen molar-refractivity contribution < 1.29 is 18.3 Å². The molecule has 3 rings (SSSR count). The van der Waals surface area contributed by atoms with Crippen LogP contribution in [-0.4, -0.2) is 26.0 Å². The Bertz CT molecular complexity index is 932. The molecule has 0 amide bonds. The average Bonchev–Trinajstić information content (AvgIpc) is 2.58. The van der Waals surface area contributed by atoms with Gasteiger partial charge in [-0.2, -0.15) is 0 Å². The maximum atomic E-state index is 13.2. The second-order valence-corrected chi connectivity index (χ2v) is 8.52. The highest BCUT2D eigenvalue weighted by molar-refractivity contribution is 7.92. The summed E-state index contributed by atoms with van der Waals surface area (Å²) >= 11 is 6.15. The Kier molecular flexibility index (Phi) is 4.51. The number of carboxylic acid groups (broad SMARTS) is 1. The Labute approximate surface area is 151 Å². The lowest BCUT2D eigenvalue weighted by Crippen LogP contribution is -2.42. The van der Waals surface area contributed by atoms with E-state index >= 15 is 0 Å². The lowest BCUT2D eigenvalue weighted by Gasteiger charge is -2.33. The Morgan fingerprint density at radius 1 is 1.20 bits per heavy atom. The fourth-order valence-corrected chi connectivity index (χ4v) is 4.96. The van der Waals surface area contributed by atoms with Gasteiger partial charge in [0, 0.05) is 11.6 Å². The average molecular weight is 380 g/mol. The predicted octanol–water partition coefficient (Wildman–Crippen LogP) is 3.41. The van der Waals surface area contributed by atoms with Crippen molar-refractivity contribution in [2.24, 2.45) is 5.92 Å². The molecular formula is C18H18ClNO4S. The van der Waals surface area contributed by atoms with Crippen molar-refractivity contribution in [1.82, 2.24) is 0 Å². The van der Waals surface area contributed by atoms with Crippen LogP contribution in [0.1, 0.15) is 16.7 Å². The molecule has 0 fully saturated rings. The van der Waals surface area contributed by atoms with Gasteiger partial charge in [0.25, 0.3) is 10.0 Å². The van der Waals surface area contributed by atoms with Gasteiger partial charge in [-0.25, -0.2) is 8.42 Å². The van der Waals surface area contributed by atoms with E-state index < -0.39 is 21.9 Å². The summed E-state index contributed by atoms with van der Waals surface area (Å²) in [5.74, 6) is -1.78. The van der Waals surface area contributed by atoms with E-state index in [1.54, 1.807) is 38.1 Å². The zero-order valence-corrected chi connectivity index (χ0v) is 15.4. The van der Waals surface area contributed by atoms with Crippen LogP contribution < -0.4 is 4.31 Å². The number of sulfonamides is 1. The summed E-state index contributed by atoms with van der Waals surface area (Å²) in [4.78, 5) is 11.6.